The Morgan fingerprint density at radius 2 is 2.16 bits per heavy atom. The van der Waals surface area contributed by atoms with Gasteiger partial charge >= 0.3 is 0 Å². The topological polar surface area (TPSA) is 140 Å². The monoisotopic (exact) mass is 371 g/mol. The number of aliphatic hydroxyl groups is 1. The lowest BCUT2D eigenvalue weighted by Crippen LogP contribution is -2.26. The van der Waals surface area contributed by atoms with Crippen LogP contribution in [0.2, 0.25) is 0 Å². The minimum Gasteiger partial charge on any atom is -0.394 e. The van der Waals surface area contributed by atoms with Crippen molar-refractivity contribution in [2.75, 3.05) is 6.61 Å². The van der Waals surface area contributed by atoms with Gasteiger partial charge in [-0.1, -0.05) is 0 Å². The molecule has 0 saturated carbocycles. The summed E-state index contributed by atoms with van der Waals surface area (Å²) in [6.45, 7) is 1.11. The quantitative estimate of drug-likeness (QED) is 0.556. The molecule has 1 amide bonds. The molecular weight excluding hydrogens is 353 g/mol. The fraction of sp³-hybridized carbons (Fsp3) is 0.357. The van der Waals surface area contributed by atoms with E-state index in [9.17, 15) is 17.6 Å². The zero-order valence-electron chi connectivity index (χ0n) is 13.4. The highest BCUT2D eigenvalue weighted by molar-refractivity contribution is 7.89. The number of amides is 1. The van der Waals surface area contributed by atoms with Crippen molar-refractivity contribution in [1.82, 2.24) is 19.5 Å². The molecule has 2 rings (SSSR count). The number of benzene rings is 1. The van der Waals surface area contributed by atoms with E-state index in [1.54, 1.807) is 0 Å². The van der Waals surface area contributed by atoms with Crippen molar-refractivity contribution in [2.45, 2.75) is 31.3 Å². The summed E-state index contributed by atoms with van der Waals surface area (Å²) in [6, 6.07) is 3.35. The number of carbonyl (C=O) groups excluding carboxylic acids is 1. The maximum absolute atomic E-state index is 13.1. The molecule has 0 aliphatic carbocycles. The molecular formula is C14H18FN5O4S. The number of aryl methyl sites for hydroxylation is 1. The normalized spacial score (nSPS) is 11.6. The van der Waals surface area contributed by atoms with Gasteiger partial charge < -0.3 is 10.8 Å². The molecule has 1 aromatic heterocycles. The molecule has 0 fully saturated rings. The van der Waals surface area contributed by atoms with E-state index in [0.29, 0.717) is 0 Å². The lowest BCUT2D eigenvalue weighted by Gasteiger charge is -2.09. The number of aromatic nitrogens is 3. The Labute approximate surface area is 143 Å². The van der Waals surface area contributed by atoms with E-state index in [-0.39, 0.29) is 48.2 Å². The average molecular weight is 371 g/mol. The van der Waals surface area contributed by atoms with Crippen LogP contribution in [-0.4, -0.2) is 40.8 Å². The zero-order valence-corrected chi connectivity index (χ0v) is 14.3. The van der Waals surface area contributed by atoms with Crippen LogP contribution in [0.15, 0.2) is 23.1 Å². The van der Waals surface area contributed by atoms with Crippen LogP contribution < -0.4 is 10.5 Å². The van der Waals surface area contributed by atoms with Gasteiger partial charge in [0.25, 0.3) is 0 Å². The van der Waals surface area contributed by atoms with Crippen molar-refractivity contribution < 1.29 is 22.7 Å². The predicted molar refractivity (Wildman–Crippen MR) is 85.2 cm³/mol. The predicted octanol–water partition coefficient (Wildman–Crippen LogP) is -0.776. The SMILES string of the molecule is Cc1cc(F)ccc1S(=O)(=O)NCc1nc(CC(N)=O)nn1CCO. The smallest absolute Gasteiger partial charge is 0.241 e. The molecule has 0 bridgehead atoms. The van der Waals surface area contributed by atoms with Crippen molar-refractivity contribution in [2.24, 2.45) is 5.73 Å². The van der Waals surface area contributed by atoms with Gasteiger partial charge in [0.1, 0.15) is 11.6 Å². The Hall–Kier alpha value is -2.37. The van der Waals surface area contributed by atoms with E-state index >= 15 is 0 Å². The number of nitrogens with two attached hydrogens (primary N) is 1. The summed E-state index contributed by atoms with van der Waals surface area (Å²) in [6.07, 6.45) is -0.199. The Morgan fingerprint density at radius 3 is 2.76 bits per heavy atom. The fourth-order valence-electron chi connectivity index (χ4n) is 2.21. The second-order valence-corrected chi connectivity index (χ2v) is 7.00. The molecule has 0 saturated heterocycles. The highest BCUT2D eigenvalue weighted by Crippen LogP contribution is 2.16. The van der Waals surface area contributed by atoms with E-state index in [1.807, 2.05) is 0 Å². The van der Waals surface area contributed by atoms with Crippen LogP contribution in [0.4, 0.5) is 4.39 Å². The summed E-state index contributed by atoms with van der Waals surface area (Å²) >= 11 is 0. The number of halogens is 1. The number of carbonyl (C=O) groups is 1. The third-order valence-electron chi connectivity index (χ3n) is 3.28. The van der Waals surface area contributed by atoms with Crippen LogP contribution in [0.25, 0.3) is 0 Å². The summed E-state index contributed by atoms with van der Waals surface area (Å²) in [5.41, 5.74) is 5.35. The number of nitrogens with zero attached hydrogens (tertiary/aromatic N) is 3. The fourth-order valence-corrected chi connectivity index (χ4v) is 3.42. The van der Waals surface area contributed by atoms with Crippen LogP contribution in [0.5, 0.6) is 0 Å². The van der Waals surface area contributed by atoms with E-state index < -0.39 is 21.7 Å². The van der Waals surface area contributed by atoms with Gasteiger partial charge in [-0.3, -0.25) is 4.79 Å². The van der Waals surface area contributed by atoms with Gasteiger partial charge in [0.15, 0.2) is 5.82 Å². The minimum absolute atomic E-state index is 0.0560. The third kappa shape index (κ3) is 4.81. The second-order valence-electron chi connectivity index (χ2n) is 5.27. The highest BCUT2D eigenvalue weighted by Gasteiger charge is 2.19. The van der Waals surface area contributed by atoms with Crippen LogP contribution in [-0.2, 0) is 34.3 Å². The molecule has 1 aromatic carbocycles. The van der Waals surface area contributed by atoms with Gasteiger partial charge in [0.2, 0.25) is 15.9 Å². The van der Waals surface area contributed by atoms with Crippen molar-refractivity contribution in [3.63, 3.8) is 0 Å². The average Bonchev–Trinajstić information content (AvgIpc) is 2.86. The number of hydrogen-bond acceptors (Lipinski definition) is 6. The Kier molecular flexibility index (Phi) is 5.82. The molecule has 25 heavy (non-hydrogen) atoms. The number of rotatable bonds is 8. The largest absolute Gasteiger partial charge is 0.394 e. The molecule has 0 radical (unpaired) electrons. The molecule has 9 nitrogen and oxygen atoms in total. The first-order valence-corrected chi connectivity index (χ1v) is 8.79. The molecule has 4 N–H and O–H groups in total. The van der Waals surface area contributed by atoms with Crippen molar-refractivity contribution in [3.8, 4) is 0 Å². The van der Waals surface area contributed by atoms with Gasteiger partial charge in [0, 0.05) is 0 Å². The maximum atomic E-state index is 13.1. The van der Waals surface area contributed by atoms with Crippen LogP contribution in [0.3, 0.4) is 0 Å². The maximum Gasteiger partial charge on any atom is 0.241 e. The van der Waals surface area contributed by atoms with Crippen molar-refractivity contribution in [1.29, 1.82) is 0 Å². The molecule has 0 unspecified atom stereocenters. The summed E-state index contributed by atoms with van der Waals surface area (Å²) in [5.74, 6) is -0.813. The van der Waals surface area contributed by atoms with E-state index in [2.05, 4.69) is 14.8 Å². The van der Waals surface area contributed by atoms with Crippen molar-refractivity contribution in [3.05, 3.63) is 41.2 Å². The zero-order chi connectivity index (χ0) is 18.6. The number of hydrogen-bond donors (Lipinski definition) is 3. The van der Waals surface area contributed by atoms with Crippen molar-refractivity contribution >= 4 is 15.9 Å². The summed E-state index contributed by atoms with van der Waals surface area (Å²) in [4.78, 5) is 15.0. The number of nitrogens with one attached hydrogen (secondary N) is 1. The number of sulfonamides is 1. The van der Waals surface area contributed by atoms with Crippen LogP contribution in [0.1, 0.15) is 17.2 Å². The van der Waals surface area contributed by atoms with E-state index in [0.717, 1.165) is 12.1 Å². The van der Waals surface area contributed by atoms with Gasteiger partial charge in [-0.05, 0) is 30.7 Å². The summed E-state index contributed by atoms with van der Waals surface area (Å²) < 4.78 is 41.5. The van der Waals surface area contributed by atoms with Gasteiger partial charge in [0.05, 0.1) is 31.0 Å². The Morgan fingerprint density at radius 1 is 1.44 bits per heavy atom. The lowest BCUT2D eigenvalue weighted by molar-refractivity contribution is -0.117. The third-order valence-corrected chi connectivity index (χ3v) is 4.84. The lowest BCUT2D eigenvalue weighted by atomic mass is 10.2. The van der Waals surface area contributed by atoms with Crippen LogP contribution in [0, 0.1) is 12.7 Å². The molecule has 1 heterocycles. The first-order valence-electron chi connectivity index (χ1n) is 7.30. The van der Waals surface area contributed by atoms with E-state index in [4.69, 9.17) is 10.8 Å². The van der Waals surface area contributed by atoms with Gasteiger partial charge in [-0.15, -0.1) is 0 Å². The summed E-state index contributed by atoms with van der Waals surface area (Å²) in [7, 11) is -3.90. The molecule has 0 aliphatic heterocycles. The molecule has 136 valence electrons. The Bertz CT molecular complexity index is 881. The molecule has 0 aliphatic rings. The van der Waals surface area contributed by atoms with Crippen LogP contribution >= 0.6 is 0 Å². The highest BCUT2D eigenvalue weighted by atomic mass is 32.2. The molecule has 11 heteroatoms. The molecule has 0 atom stereocenters. The first-order chi connectivity index (χ1) is 11.7. The Balaban J connectivity index is 2.21. The standard InChI is InChI=1S/C14H18FN5O4S/c1-9-6-10(15)2-3-11(9)25(23,24)17-8-14-18-13(7-12(16)22)19-20(14)4-5-21/h2-3,6,17,21H,4-5,7-8H2,1H3,(H2,16,22). The number of aliphatic hydroxyl groups excluding tert-OH is 1. The van der Waals surface area contributed by atoms with Gasteiger partial charge in [-0.2, -0.15) is 5.10 Å². The first kappa shape index (κ1) is 19.0. The van der Waals surface area contributed by atoms with E-state index in [1.165, 1.54) is 17.7 Å². The van der Waals surface area contributed by atoms with Gasteiger partial charge in [-0.25, -0.2) is 27.2 Å². The minimum atomic E-state index is -3.90. The number of primary amides is 1. The molecule has 2 aromatic rings. The second kappa shape index (κ2) is 7.68. The molecule has 0 spiro atoms. The summed E-state index contributed by atoms with van der Waals surface area (Å²) in [5, 5.41) is 13.1.